The number of nitrogens with zero attached hydrogens (tertiary/aromatic N) is 2. The number of anilines is 1. The van der Waals surface area contributed by atoms with E-state index in [2.05, 4.69) is 34.6 Å². The van der Waals surface area contributed by atoms with Gasteiger partial charge in [-0.3, -0.25) is 9.78 Å². The van der Waals surface area contributed by atoms with Gasteiger partial charge in [0.25, 0.3) is 5.91 Å². The molecule has 0 aromatic carbocycles. The summed E-state index contributed by atoms with van der Waals surface area (Å²) >= 11 is 0. The van der Waals surface area contributed by atoms with E-state index in [1.54, 1.807) is 6.20 Å². The molecule has 1 saturated carbocycles. The van der Waals surface area contributed by atoms with Gasteiger partial charge in [0.15, 0.2) is 0 Å². The van der Waals surface area contributed by atoms with Crippen LogP contribution in [-0.2, 0) is 0 Å². The van der Waals surface area contributed by atoms with Crippen LogP contribution < -0.4 is 10.6 Å². The Morgan fingerprint density at radius 2 is 2.14 bits per heavy atom. The van der Waals surface area contributed by atoms with Crippen molar-refractivity contribution in [3.05, 3.63) is 24.0 Å². The molecular formula is C16H26N4O. The quantitative estimate of drug-likeness (QED) is 0.755. The molecule has 5 heteroatoms. The fraction of sp³-hybridized carbons (Fsp3) is 0.625. The second kappa shape index (κ2) is 7.98. The second-order valence-electron chi connectivity index (χ2n) is 5.97. The van der Waals surface area contributed by atoms with E-state index in [0.29, 0.717) is 11.7 Å². The van der Waals surface area contributed by atoms with E-state index in [9.17, 15) is 4.79 Å². The monoisotopic (exact) mass is 290 g/mol. The molecule has 2 N–H and O–H groups in total. The molecule has 0 atom stereocenters. The highest BCUT2D eigenvalue weighted by Gasteiger charge is 2.18. The molecular weight excluding hydrogens is 264 g/mol. The Kier molecular flexibility index (Phi) is 5.99. The maximum atomic E-state index is 12.2. The van der Waals surface area contributed by atoms with Crippen LogP contribution in [0.5, 0.6) is 0 Å². The van der Waals surface area contributed by atoms with Crippen LogP contribution in [0.1, 0.15) is 42.6 Å². The van der Waals surface area contributed by atoms with Crippen LogP contribution in [0.3, 0.4) is 0 Å². The predicted octanol–water partition coefficient (Wildman–Crippen LogP) is 2.12. The molecule has 0 bridgehead atoms. The van der Waals surface area contributed by atoms with E-state index in [1.807, 2.05) is 12.1 Å². The minimum atomic E-state index is -0.0566. The highest BCUT2D eigenvalue weighted by Crippen LogP contribution is 2.18. The summed E-state index contributed by atoms with van der Waals surface area (Å²) in [5, 5.41) is 6.41. The fourth-order valence-electron chi connectivity index (χ4n) is 2.62. The fourth-order valence-corrected chi connectivity index (χ4v) is 2.62. The summed E-state index contributed by atoms with van der Waals surface area (Å²) < 4.78 is 0. The van der Waals surface area contributed by atoms with Gasteiger partial charge >= 0.3 is 0 Å². The normalized spacial score (nSPS) is 15.4. The zero-order chi connectivity index (χ0) is 15.1. The standard InChI is InChI=1S/C16H26N4O/c1-20(2)11-5-9-17-14-8-10-18-15(12-14)16(21)19-13-6-3-4-7-13/h8,10,12-13H,3-7,9,11H2,1-2H3,(H,17,18)(H,19,21). The average molecular weight is 290 g/mol. The molecule has 21 heavy (non-hydrogen) atoms. The lowest BCUT2D eigenvalue weighted by Crippen LogP contribution is -2.33. The summed E-state index contributed by atoms with van der Waals surface area (Å²) in [5.41, 5.74) is 1.46. The molecule has 0 saturated heterocycles. The van der Waals surface area contributed by atoms with Crippen molar-refractivity contribution < 1.29 is 4.79 Å². The Balaban J connectivity index is 1.83. The van der Waals surface area contributed by atoms with Crippen molar-refractivity contribution >= 4 is 11.6 Å². The number of pyridine rings is 1. The third kappa shape index (κ3) is 5.34. The van der Waals surface area contributed by atoms with Gasteiger partial charge in [0.2, 0.25) is 0 Å². The number of hydrogen-bond donors (Lipinski definition) is 2. The van der Waals surface area contributed by atoms with Crippen LogP contribution >= 0.6 is 0 Å². The van der Waals surface area contributed by atoms with Crippen molar-refractivity contribution in [2.45, 2.75) is 38.1 Å². The van der Waals surface area contributed by atoms with E-state index in [0.717, 1.165) is 38.0 Å². The van der Waals surface area contributed by atoms with Gasteiger partial charge in [-0.1, -0.05) is 12.8 Å². The molecule has 116 valence electrons. The number of hydrogen-bond acceptors (Lipinski definition) is 4. The van der Waals surface area contributed by atoms with E-state index >= 15 is 0 Å². The zero-order valence-electron chi connectivity index (χ0n) is 13.1. The summed E-state index contributed by atoms with van der Waals surface area (Å²) in [7, 11) is 4.13. The van der Waals surface area contributed by atoms with Gasteiger partial charge in [-0.25, -0.2) is 0 Å². The number of carbonyl (C=O) groups excluding carboxylic acids is 1. The lowest BCUT2D eigenvalue weighted by molar-refractivity contribution is 0.0933. The summed E-state index contributed by atoms with van der Waals surface area (Å²) in [6.07, 6.45) is 7.37. The van der Waals surface area contributed by atoms with Gasteiger partial charge in [0, 0.05) is 24.5 Å². The van der Waals surface area contributed by atoms with Crippen LogP contribution in [0.4, 0.5) is 5.69 Å². The predicted molar refractivity (Wildman–Crippen MR) is 85.6 cm³/mol. The molecule has 1 aliphatic rings. The van der Waals surface area contributed by atoms with Crippen molar-refractivity contribution in [3.8, 4) is 0 Å². The summed E-state index contributed by atoms with van der Waals surface area (Å²) in [5.74, 6) is -0.0566. The van der Waals surface area contributed by atoms with E-state index in [-0.39, 0.29) is 5.91 Å². The largest absolute Gasteiger partial charge is 0.385 e. The molecule has 5 nitrogen and oxygen atoms in total. The van der Waals surface area contributed by atoms with Gasteiger partial charge in [0.05, 0.1) is 0 Å². The summed E-state index contributed by atoms with van der Waals surface area (Å²) in [6.45, 7) is 1.94. The zero-order valence-corrected chi connectivity index (χ0v) is 13.1. The Bertz CT molecular complexity index is 455. The molecule has 1 heterocycles. The Morgan fingerprint density at radius 3 is 2.86 bits per heavy atom. The molecule has 1 aromatic heterocycles. The third-order valence-electron chi connectivity index (χ3n) is 3.79. The van der Waals surface area contributed by atoms with Crippen molar-refractivity contribution in [2.75, 3.05) is 32.5 Å². The number of aromatic nitrogens is 1. The van der Waals surface area contributed by atoms with Crippen LogP contribution in [0.2, 0.25) is 0 Å². The number of amides is 1. The van der Waals surface area contributed by atoms with Crippen molar-refractivity contribution in [2.24, 2.45) is 0 Å². The van der Waals surface area contributed by atoms with Gasteiger partial charge in [-0.15, -0.1) is 0 Å². The Morgan fingerprint density at radius 1 is 1.38 bits per heavy atom. The lowest BCUT2D eigenvalue weighted by Gasteiger charge is -2.13. The Hall–Kier alpha value is -1.62. The summed E-state index contributed by atoms with van der Waals surface area (Å²) in [4.78, 5) is 18.5. The van der Waals surface area contributed by atoms with E-state index in [4.69, 9.17) is 0 Å². The first-order valence-electron chi connectivity index (χ1n) is 7.80. The molecule has 1 aromatic rings. The van der Waals surface area contributed by atoms with Crippen molar-refractivity contribution in [1.82, 2.24) is 15.2 Å². The van der Waals surface area contributed by atoms with E-state index in [1.165, 1.54) is 12.8 Å². The molecule has 1 aliphatic carbocycles. The lowest BCUT2D eigenvalue weighted by atomic mass is 10.2. The van der Waals surface area contributed by atoms with Gasteiger partial charge in [-0.2, -0.15) is 0 Å². The molecule has 2 rings (SSSR count). The molecule has 0 unspecified atom stereocenters. The highest BCUT2D eigenvalue weighted by atomic mass is 16.1. The maximum absolute atomic E-state index is 12.2. The smallest absolute Gasteiger partial charge is 0.270 e. The SMILES string of the molecule is CN(C)CCCNc1ccnc(C(=O)NC2CCCC2)c1. The van der Waals surface area contributed by atoms with Gasteiger partial charge in [0.1, 0.15) is 5.69 Å². The van der Waals surface area contributed by atoms with E-state index < -0.39 is 0 Å². The molecule has 1 fully saturated rings. The van der Waals surface area contributed by atoms with Crippen LogP contribution in [0.15, 0.2) is 18.3 Å². The molecule has 0 aliphatic heterocycles. The Labute approximate surface area is 127 Å². The maximum Gasteiger partial charge on any atom is 0.270 e. The summed E-state index contributed by atoms with van der Waals surface area (Å²) in [6, 6.07) is 4.07. The topological polar surface area (TPSA) is 57.3 Å². The van der Waals surface area contributed by atoms with Crippen LogP contribution in [-0.4, -0.2) is 49.0 Å². The first kappa shape index (κ1) is 15.8. The van der Waals surface area contributed by atoms with Crippen molar-refractivity contribution in [1.29, 1.82) is 0 Å². The van der Waals surface area contributed by atoms with Crippen molar-refractivity contribution in [3.63, 3.8) is 0 Å². The minimum absolute atomic E-state index is 0.0566. The van der Waals surface area contributed by atoms with Crippen LogP contribution in [0, 0.1) is 0 Å². The third-order valence-corrected chi connectivity index (χ3v) is 3.79. The first-order valence-corrected chi connectivity index (χ1v) is 7.80. The number of carbonyl (C=O) groups is 1. The molecule has 0 radical (unpaired) electrons. The average Bonchev–Trinajstić information content (AvgIpc) is 2.96. The first-order chi connectivity index (χ1) is 10.1. The minimum Gasteiger partial charge on any atom is -0.385 e. The number of rotatable bonds is 7. The van der Waals surface area contributed by atoms with Crippen LogP contribution in [0.25, 0.3) is 0 Å². The van der Waals surface area contributed by atoms with Gasteiger partial charge < -0.3 is 15.5 Å². The highest BCUT2D eigenvalue weighted by molar-refractivity contribution is 5.93. The second-order valence-corrected chi connectivity index (χ2v) is 5.97. The van der Waals surface area contributed by atoms with Gasteiger partial charge in [-0.05, 0) is 52.0 Å². The molecule has 0 spiro atoms. The number of nitrogens with one attached hydrogen (secondary N) is 2. The molecule has 1 amide bonds.